The van der Waals surface area contributed by atoms with E-state index in [0.29, 0.717) is 18.6 Å². The van der Waals surface area contributed by atoms with Crippen LogP contribution in [0.15, 0.2) is 49.1 Å². The number of carbonyl (C=O) groups excluding carboxylic acids is 2. The molecule has 0 aromatic heterocycles. The summed E-state index contributed by atoms with van der Waals surface area (Å²) >= 11 is 0. The van der Waals surface area contributed by atoms with Gasteiger partial charge in [-0.15, -0.1) is 0 Å². The van der Waals surface area contributed by atoms with Crippen LogP contribution in [0.5, 0.6) is 5.75 Å². The summed E-state index contributed by atoms with van der Waals surface area (Å²) in [5.41, 5.74) is 0.941. The van der Waals surface area contributed by atoms with E-state index >= 15 is 0 Å². The van der Waals surface area contributed by atoms with E-state index < -0.39 is 0 Å². The van der Waals surface area contributed by atoms with E-state index in [1.807, 2.05) is 24.3 Å². The van der Waals surface area contributed by atoms with Crippen LogP contribution in [0.3, 0.4) is 0 Å². The molecule has 0 aliphatic carbocycles. The zero-order valence-corrected chi connectivity index (χ0v) is 9.76. The highest BCUT2D eigenvalue weighted by atomic mass is 16.5. The van der Waals surface area contributed by atoms with Gasteiger partial charge in [0.05, 0.1) is 0 Å². The third kappa shape index (κ3) is 2.63. The Hall–Kier alpha value is -2.42. The lowest BCUT2D eigenvalue weighted by Gasteiger charge is -2.04. The van der Waals surface area contributed by atoms with Crippen LogP contribution in [0.1, 0.15) is 5.56 Å². The zero-order chi connectivity index (χ0) is 13.0. The van der Waals surface area contributed by atoms with Crippen molar-refractivity contribution in [3.05, 3.63) is 54.6 Å². The highest BCUT2D eigenvalue weighted by Crippen LogP contribution is 2.22. The molecule has 3 heteroatoms. The number of benzene rings is 2. The predicted octanol–water partition coefficient (Wildman–Crippen LogP) is 2.67. The minimum atomic E-state index is -0.00439. The average molecular weight is 240 g/mol. The summed E-state index contributed by atoms with van der Waals surface area (Å²) in [5.74, 6) is 0.502. The normalized spacial score (nSPS) is 10.0. The van der Waals surface area contributed by atoms with Gasteiger partial charge in [-0.3, -0.25) is 9.59 Å². The van der Waals surface area contributed by atoms with Crippen LogP contribution in [-0.2, 0) is 16.0 Å². The van der Waals surface area contributed by atoms with Crippen molar-refractivity contribution in [3.8, 4) is 5.75 Å². The average Bonchev–Trinajstić information content (AvgIpc) is 2.39. The van der Waals surface area contributed by atoms with Crippen molar-refractivity contribution in [2.24, 2.45) is 0 Å². The van der Waals surface area contributed by atoms with Crippen molar-refractivity contribution in [1.29, 1.82) is 0 Å². The van der Waals surface area contributed by atoms with Crippen molar-refractivity contribution >= 4 is 23.0 Å². The van der Waals surface area contributed by atoms with Crippen LogP contribution < -0.4 is 4.74 Å². The lowest BCUT2D eigenvalue weighted by atomic mass is 10.0. The Labute approximate surface area is 105 Å². The molecule has 0 heterocycles. The molecule has 2 rings (SSSR count). The molecule has 0 N–H and O–H groups in total. The van der Waals surface area contributed by atoms with Gasteiger partial charge in [-0.05, 0) is 34.5 Å². The van der Waals surface area contributed by atoms with Crippen LogP contribution >= 0.6 is 0 Å². The van der Waals surface area contributed by atoms with Crippen molar-refractivity contribution < 1.29 is 14.3 Å². The lowest BCUT2D eigenvalue weighted by molar-refractivity contribution is -0.120. The van der Waals surface area contributed by atoms with E-state index in [1.54, 1.807) is 12.1 Å². The van der Waals surface area contributed by atoms with E-state index in [4.69, 9.17) is 4.74 Å². The molecule has 0 bridgehead atoms. The third-order valence-electron chi connectivity index (χ3n) is 2.67. The molecule has 0 spiro atoms. The van der Waals surface area contributed by atoms with Gasteiger partial charge in [-0.1, -0.05) is 30.8 Å². The highest BCUT2D eigenvalue weighted by molar-refractivity contribution is 5.92. The van der Waals surface area contributed by atoms with Gasteiger partial charge >= 0.3 is 0 Å². The van der Waals surface area contributed by atoms with Gasteiger partial charge in [0.15, 0.2) is 5.78 Å². The van der Waals surface area contributed by atoms with Gasteiger partial charge < -0.3 is 4.74 Å². The molecule has 0 unspecified atom stereocenters. The number of fused-ring (bicyclic) bond motifs is 1. The molecule has 0 aliphatic rings. The van der Waals surface area contributed by atoms with Gasteiger partial charge in [0.1, 0.15) is 5.75 Å². The molecule has 2 aromatic carbocycles. The zero-order valence-electron chi connectivity index (χ0n) is 9.76. The van der Waals surface area contributed by atoms with E-state index in [0.717, 1.165) is 16.3 Å². The number of ketones is 1. The second-order valence-corrected chi connectivity index (χ2v) is 3.90. The largest absolute Gasteiger partial charge is 0.429 e. The maximum absolute atomic E-state index is 11.3. The van der Waals surface area contributed by atoms with Crippen molar-refractivity contribution in [1.82, 2.24) is 0 Å². The Morgan fingerprint density at radius 3 is 2.61 bits per heavy atom. The number of allylic oxidation sites excluding steroid dienone is 1. The lowest BCUT2D eigenvalue weighted by Crippen LogP contribution is -1.97. The SMILES string of the molecule is C=CC(=O)Cc1ccc2cc(OC=O)ccc2c1. The molecule has 0 radical (unpaired) electrons. The van der Waals surface area contributed by atoms with Crippen molar-refractivity contribution in [2.45, 2.75) is 6.42 Å². The maximum Gasteiger partial charge on any atom is 0.298 e. The fourth-order valence-electron chi connectivity index (χ4n) is 1.79. The molecule has 3 nitrogen and oxygen atoms in total. The summed E-state index contributed by atoms with van der Waals surface area (Å²) in [6, 6.07) is 11.1. The highest BCUT2D eigenvalue weighted by Gasteiger charge is 2.02. The number of carbonyl (C=O) groups is 2. The fourth-order valence-corrected chi connectivity index (χ4v) is 1.79. The first kappa shape index (κ1) is 12.0. The number of hydrogen-bond acceptors (Lipinski definition) is 3. The molecule has 0 saturated heterocycles. The molecule has 0 aliphatic heterocycles. The topological polar surface area (TPSA) is 43.4 Å². The molecule has 2 aromatic rings. The van der Waals surface area contributed by atoms with Crippen molar-refractivity contribution in [2.75, 3.05) is 0 Å². The van der Waals surface area contributed by atoms with E-state index in [2.05, 4.69) is 6.58 Å². The van der Waals surface area contributed by atoms with Crippen LogP contribution in [0.4, 0.5) is 0 Å². The summed E-state index contributed by atoms with van der Waals surface area (Å²) in [7, 11) is 0. The molecule has 0 fully saturated rings. The second kappa shape index (κ2) is 5.27. The van der Waals surface area contributed by atoms with E-state index in [1.165, 1.54) is 6.08 Å². The van der Waals surface area contributed by atoms with Crippen LogP contribution in [-0.4, -0.2) is 12.3 Å². The Morgan fingerprint density at radius 2 is 1.89 bits per heavy atom. The quantitative estimate of drug-likeness (QED) is 0.596. The number of hydrogen-bond donors (Lipinski definition) is 0. The Morgan fingerprint density at radius 1 is 1.17 bits per heavy atom. The van der Waals surface area contributed by atoms with E-state index in [9.17, 15) is 9.59 Å². The van der Waals surface area contributed by atoms with E-state index in [-0.39, 0.29) is 5.78 Å². The summed E-state index contributed by atoms with van der Waals surface area (Å²) in [5, 5.41) is 1.96. The summed E-state index contributed by atoms with van der Waals surface area (Å²) in [6.45, 7) is 3.85. The molecule has 0 atom stereocenters. The molecular weight excluding hydrogens is 228 g/mol. The first-order chi connectivity index (χ1) is 8.72. The number of rotatable bonds is 5. The standard InChI is InChI=1S/C15H12O3/c1-2-14(17)8-11-3-4-13-9-15(18-10-16)6-5-12(13)7-11/h2-7,9-10H,1,8H2. The maximum atomic E-state index is 11.3. The summed E-state index contributed by atoms with van der Waals surface area (Å²) < 4.78 is 4.78. The first-order valence-electron chi connectivity index (χ1n) is 5.51. The smallest absolute Gasteiger partial charge is 0.298 e. The molecule has 18 heavy (non-hydrogen) atoms. The van der Waals surface area contributed by atoms with Crippen LogP contribution in [0.2, 0.25) is 0 Å². The monoisotopic (exact) mass is 240 g/mol. The molecule has 0 saturated carbocycles. The minimum absolute atomic E-state index is 0.00439. The Kier molecular flexibility index (Phi) is 3.53. The Bertz CT molecular complexity index is 614. The first-order valence-corrected chi connectivity index (χ1v) is 5.51. The minimum Gasteiger partial charge on any atom is -0.429 e. The predicted molar refractivity (Wildman–Crippen MR) is 69.5 cm³/mol. The van der Waals surface area contributed by atoms with Crippen LogP contribution in [0, 0.1) is 0 Å². The van der Waals surface area contributed by atoms with Gasteiger partial charge in [-0.2, -0.15) is 0 Å². The number of ether oxygens (including phenoxy) is 1. The van der Waals surface area contributed by atoms with Gasteiger partial charge in [0.2, 0.25) is 0 Å². The molecular formula is C15H12O3. The van der Waals surface area contributed by atoms with Gasteiger partial charge in [0.25, 0.3) is 6.47 Å². The summed E-state index contributed by atoms with van der Waals surface area (Å²) in [6.07, 6.45) is 1.68. The molecule has 90 valence electrons. The van der Waals surface area contributed by atoms with Gasteiger partial charge in [0, 0.05) is 6.42 Å². The van der Waals surface area contributed by atoms with Gasteiger partial charge in [-0.25, -0.2) is 0 Å². The Balaban J connectivity index is 2.34. The second-order valence-electron chi connectivity index (χ2n) is 3.90. The third-order valence-corrected chi connectivity index (χ3v) is 2.67. The molecule has 0 amide bonds. The fraction of sp³-hybridized carbons (Fsp3) is 0.0667. The van der Waals surface area contributed by atoms with Crippen molar-refractivity contribution in [3.63, 3.8) is 0 Å². The summed E-state index contributed by atoms with van der Waals surface area (Å²) in [4.78, 5) is 21.5. The van der Waals surface area contributed by atoms with Crippen LogP contribution in [0.25, 0.3) is 10.8 Å².